The summed E-state index contributed by atoms with van der Waals surface area (Å²) in [5.41, 5.74) is 2.50. The van der Waals surface area contributed by atoms with Gasteiger partial charge in [-0.05, 0) is 13.0 Å². The van der Waals surface area contributed by atoms with Crippen LogP contribution in [0.25, 0.3) is 11.4 Å². The van der Waals surface area contributed by atoms with E-state index in [0.717, 1.165) is 11.1 Å². The van der Waals surface area contributed by atoms with Crippen molar-refractivity contribution in [2.45, 2.75) is 25.2 Å². The van der Waals surface area contributed by atoms with Crippen LogP contribution in [0, 0.1) is 17.0 Å². The third-order valence-corrected chi connectivity index (χ3v) is 5.27. The fraction of sp³-hybridized carbons (Fsp3) is 0.190. The first-order valence-corrected chi connectivity index (χ1v) is 10.2. The number of benzene rings is 2. The van der Waals surface area contributed by atoms with Crippen LogP contribution < -0.4 is 5.32 Å². The number of hydrogen-bond acceptors (Lipinski definition) is 6. The molecule has 0 fully saturated rings. The van der Waals surface area contributed by atoms with E-state index in [1.165, 1.54) is 17.8 Å². The number of allylic oxidation sites excluding steroid dienone is 1. The number of aryl methyl sites for hydroxylation is 1. The Morgan fingerprint density at radius 1 is 1.27 bits per heavy atom. The number of nitrogens with one attached hydrogen (secondary N) is 1. The van der Waals surface area contributed by atoms with Crippen molar-refractivity contribution in [3.8, 4) is 11.4 Å². The van der Waals surface area contributed by atoms with Gasteiger partial charge in [-0.3, -0.25) is 19.5 Å². The molecule has 0 saturated carbocycles. The summed E-state index contributed by atoms with van der Waals surface area (Å²) in [5, 5.41) is 22.9. The van der Waals surface area contributed by atoms with E-state index in [-0.39, 0.29) is 23.9 Å². The summed E-state index contributed by atoms with van der Waals surface area (Å²) in [4.78, 5) is 22.9. The summed E-state index contributed by atoms with van der Waals surface area (Å²) in [6.07, 6.45) is 1.75. The van der Waals surface area contributed by atoms with Gasteiger partial charge in [0.15, 0.2) is 11.0 Å². The van der Waals surface area contributed by atoms with E-state index in [0.29, 0.717) is 23.1 Å². The predicted octanol–water partition coefficient (Wildman–Crippen LogP) is 3.76. The number of nitro benzene ring substituents is 1. The van der Waals surface area contributed by atoms with E-state index in [4.69, 9.17) is 0 Å². The predicted molar refractivity (Wildman–Crippen MR) is 116 cm³/mol. The molecule has 0 aliphatic heterocycles. The van der Waals surface area contributed by atoms with Crippen molar-refractivity contribution in [2.75, 3.05) is 5.75 Å². The van der Waals surface area contributed by atoms with Gasteiger partial charge in [-0.2, -0.15) is 0 Å². The third-order valence-electron chi connectivity index (χ3n) is 4.30. The Morgan fingerprint density at radius 2 is 2.07 bits per heavy atom. The molecule has 3 rings (SSSR count). The van der Waals surface area contributed by atoms with Gasteiger partial charge in [0, 0.05) is 30.3 Å². The van der Waals surface area contributed by atoms with Crippen molar-refractivity contribution >= 4 is 23.4 Å². The quantitative estimate of drug-likeness (QED) is 0.243. The molecule has 1 amide bonds. The summed E-state index contributed by atoms with van der Waals surface area (Å²) in [6.45, 7) is 6.40. The van der Waals surface area contributed by atoms with E-state index in [2.05, 4.69) is 22.1 Å². The van der Waals surface area contributed by atoms with Crippen LogP contribution in [-0.4, -0.2) is 31.3 Å². The lowest BCUT2D eigenvalue weighted by atomic mass is 10.1. The van der Waals surface area contributed by atoms with Gasteiger partial charge in [0.05, 0.1) is 10.7 Å². The summed E-state index contributed by atoms with van der Waals surface area (Å²) in [7, 11) is 0. The second kappa shape index (κ2) is 9.84. The number of nitro groups is 1. The molecule has 8 nitrogen and oxygen atoms in total. The molecule has 3 aromatic rings. The number of carbonyl (C=O) groups is 1. The van der Waals surface area contributed by atoms with Crippen molar-refractivity contribution < 1.29 is 9.72 Å². The Labute approximate surface area is 178 Å². The maximum absolute atomic E-state index is 12.3. The van der Waals surface area contributed by atoms with Crippen molar-refractivity contribution in [1.82, 2.24) is 20.1 Å². The van der Waals surface area contributed by atoms with Gasteiger partial charge < -0.3 is 5.32 Å². The van der Waals surface area contributed by atoms with Crippen molar-refractivity contribution in [3.05, 3.63) is 82.4 Å². The molecule has 0 aliphatic carbocycles. The lowest BCUT2D eigenvalue weighted by Gasteiger charge is -2.09. The van der Waals surface area contributed by atoms with Gasteiger partial charge >= 0.3 is 0 Å². The smallest absolute Gasteiger partial charge is 0.274 e. The normalized spacial score (nSPS) is 10.6. The Kier molecular flexibility index (Phi) is 6.97. The highest BCUT2D eigenvalue weighted by Gasteiger charge is 2.16. The standard InChI is InChI=1S/C21H21N5O3S/c1-3-11-25-20(16-9-6-7-15(2)12-16)23-24-21(25)30-14-19(27)22-13-17-8-4-5-10-18(17)26(28)29/h3-10,12H,1,11,13-14H2,2H3,(H,22,27). The van der Waals surface area contributed by atoms with Gasteiger partial charge in [-0.25, -0.2) is 0 Å². The van der Waals surface area contributed by atoms with Gasteiger partial charge in [-0.1, -0.05) is 59.8 Å². The van der Waals surface area contributed by atoms with Gasteiger partial charge in [0.2, 0.25) is 5.91 Å². The van der Waals surface area contributed by atoms with Crippen LogP contribution >= 0.6 is 11.8 Å². The Bertz CT molecular complexity index is 1080. The van der Waals surface area contributed by atoms with E-state index in [9.17, 15) is 14.9 Å². The first kappa shape index (κ1) is 21.3. The average Bonchev–Trinajstić information content (AvgIpc) is 3.13. The molecule has 2 aromatic carbocycles. The number of thioether (sulfide) groups is 1. The van der Waals surface area contributed by atoms with Crippen LogP contribution in [0.4, 0.5) is 5.69 Å². The fourth-order valence-corrected chi connectivity index (χ4v) is 3.68. The molecular weight excluding hydrogens is 402 g/mol. The number of para-hydroxylation sites is 1. The number of carbonyl (C=O) groups excluding carboxylic acids is 1. The topological polar surface area (TPSA) is 103 Å². The minimum absolute atomic E-state index is 0.0148. The number of hydrogen-bond donors (Lipinski definition) is 1. The van der Waals surface area contributed by atoms with Crippen molar-refractivity contribution in [2.24, 2.45) is 0 Å². The van der Waals surface area contributed by atoms with E-state index >= 15 is 0 Å². The molecule has 154 valence electrons. The number of nitrogens with zero attached hydrogens (tertiary/aromatic N) is 4. The van der Waals surface area contributed by atoms with E-state index in [1.807, 2.05) is 35.8 Å². The first-order chi connectivity index (χ1) is 14.5. The number of amides is 1. The molecule has 0 bridgehead atoms. The average molecular weight is 423 g/mol. The minimum atomic E-state index is -0.458. The first-order valence-electron chi connectivity index (χ1n) is 9.22. The lowest BCUT2D eigenvalue weighted by molar-refractivity contribution is -0.385. The maximum atomic E-state index is 12.3. The molecule has 0 aliphatic rings. The lowest BCUT2D eigenvalue weighted by Crippen LogP contribution is -2.25. The van der Waals surface area contributed by atoms with Gasteiger partial charge in [0.1, 0.15) is 0 Å². The highest BCUT2D eigenvalue weighted by molar-refractivity contribution is 7.99. The molecule has 0 spiro atoms. The second-order valence-electron chi connectivity index (χ2n) is 6.53. The van der Waals surface area contributed by atoms with E-state index < -0.39 is 4.92 Å². The highest BCUT2D eigenvalue weighted by atomic mass is 32.2. The van der Waals surface area contributed by atoms with Gasteiger partial charge in [-0.15, -0.1) is 16.8 Å². The van der Waals surface area contributed by atoms with Crippen LogP contribution in [-0.2, 0) is 17.9 Å². The summed E-state index contributed by atoms with van der Waals surface area (Å²) < 4.78 is 1.90. The molecule has 0 radical (unpaired) electrons. The number of rotatable bonds is 9. The molecule has 1 heterocycles. The van der Waals surface area contributed by atoms with Crippen molar-refractivity contribution in [3.63, 3.8) is 0 Å². The molecule has 0 atom stereocenters. The zero-order chi connectivity index (χ0) is 21.5. The van der Waals surface area contributed by atoms with Crippen LogP contribution in [0.3, 0.4) is 0 Å². The molecule has 9 heteroatoms. The second-order valence-corrected chi connectivity index (χ2v) is 7.47. The summed E-state index contributed by atoms with van der Waals surface area (Å²) in [5.74, 6) is 0.578. The van der Waals surface area contributed by atoms with Crippen molar-refractivity contribution in [1.29, 1.82) is 0 Å². The molecule has 1 N–H and O–H groups in total. The Hall–Kier alpha value is -3.46. The monoisotopic (exact) mass is 423 g/mol. The summed E-state index contributed by atoms with van der Waals surface area (Å²) in [6, 6.07) is 14.3. The molecule has 30 heavy (non-hydrogen) atoms. The Morgan fingerprint density at radius 3 is 2.80 bits per heavy atom. The third kappa shape index (κ3) is 5.12. The molecule has 1 aromatic heterocycles. The molecular formula is C21H21N5O3S. The Balaban J connectivity index is 1.66. The summed E-state index contributed by atoms with van der Waals surface area (Å²) >= 11 is 1.26. The van der Waals surface area contributed by atoms with Gasteiger partial charge in [0.25, 0.3) is 5.69 Å². The zero-order valence-electron chi connectivity index (χ0n) is 16.4. The fourth-order valence-electron chi connectivity index (χ4n) is 2.90. The SMILES string of the molecule is C=CCn1c(SCC(=O)NCc2ccccc2[N+](=O)[O-])nnc1-c1cccc(C)c1. The zero-order valence-corrected chi connectivity index (χ0v) is 17.3. The largest absolute Gasteiger partial charge is 0.351 e. The maximum Gasteiger partial charge on any atom is 0.274 e. The van der Waals surface area contributed by atoms with E-state index in [1.54, 1.807) is 24.3 Å². The molecule has 0 saturated heterocycles. The van der Waals surface area contributed by atoms with Crippen LogP contribution in [0.1, 0.15) is 11.1 Å². The highest BCUT2D eigenvalue weighted by Crippen LogP contribution is 2.25. The number of aromatic nitrogens is 3. The van der Waals surface area contributed by atoms with Crippen LogP contribution in [0.5, 0.6) is 0 Å². The molecule has 0 unspecified atom stereocenters. The minimum Gasteiger partial charge on any atom is -0.351 e. The van der Waals surface area contributed by atoms with Crippen LogP contribution in [0.2, 0.25) is 0 Å². The van der Waals surface area contributed by atoms with Crippen LogP contribution in [0.15, 0.2) is 66.3 Å².